The Morgan fingerprint density at radius 1 is 1.00 bits per heavy atom. The summed E-state index contributed by atoms with van der Waals surface area (Å²) in [5.74, 6) is 1.64. The van der Waals surface area contributed by atoms with Gasteiger partial charge in [-0.1, -0.05) is 39.8 Å². The number of benzene rings is 1. The van der Waals surface area contributed by atoms with Gasteiger partial charge < -0.3 is 9.80 Å². The molecule has 150 valence electrons. The number of halogens is 1. The molecule has 0 spiro atoms. The highest BCUT2D eigenvalue weighted by Gasteiger charge is 2.23. The summed E-state index contributed by atoms with van der Waals surface area (Å²) in [6.45, 7) is 11.1. The molecule has 0 atom stereocenters. The highest BCUT2D eigenvalue weighted by Crippen LogP contribution is 2.23. The molecule has 0 unspecified atom stereocenters. The zero-order chi connectivity index (χ0) is 20.3. The summed E-state index contributed by atoms with van der Waals surface area (Å²) in [5, 5.41) is 0. The van der Waals surface area contributed by atoms with Crippen molar-refractivity contribution in [2.75, 3.05) is 31.1 Å². The molecule has 1 aromatic heterocycles. The van der Waals surface area contributed by atoms with Gasteiger partial charge in [-0.25, -0.2) is 14.4 Å². The minimum Gasteiger partial charge on any atom is -0.355 e. The Balaban J connectivity index is 1.78. The first-order valence-electron chi connectivity index (χ1n) is 10.0. The van der Waals surface area contributed by atoms with E-state index in [1.54, 1.807) is 23.1 Å². The molecule has 0 bridgehead atoms. The second-order valence-electron chi connectivity index (χ2n) is 7.93. The van der Waals surface area contributed by atoms with E-state index in [9.17, 15) is 9.18 Å². The molecule has 3 rings (SSSR count). The van der Waals surface area contributed by atoms with Crippen LogP contribution in [0.2, 0.25) is 0 Å². The normalized spacial score (nSPS) is 15.2. The van der Waals surface area contributed by atoms with Gasteiger partial charge in [0.15, 0.2) is 0 Å². The summed E-state index contributed by atoms with van der Waals surface area (Å²) in [6.07, 6.45) is 0.818. The van der Waals surface area contributed by atoms with Crippen LogP contribution in [-0.4, -0.2) is 47.0 Å². The summed E-state index contributed by atoms with van der Waals surface area (Å²) in [5.41, 5.74) is 1.18. The molecule has 1 saturated heterocycles. The molecule has 1 fully saturated rings. The molecule has 1 aliphatic rings. The average Bonchev–Trinajstić information content (AvgIpc) is 2.93. The van der Waals surface area contributed by atoms with Crippen molar-refractivity contribution in [3.63, 3.8) is 0 Å². The van der Waals surface area contributed by atoms with Gasteiger partial charge in [-0.3, -0.25) is 4.79 Å². The molecule has 0 N–H and O–H groups in total. The van der Waals surface area contributed by atoms with E-state index in [2.05, 4.69) is 38.7 Å². The highest BCUT2D eigenvalue weighted by molar-refractivity contribution is 5.94. The molecule has 1 aliphatic heterocycles. The maximum atomic E-state index is 14.0. The Hall–Kier alpha value is -2.50. The van der Waals surface area contributed by atoms with Gasteiger partial charge in [0.1, 0.15) is 17.5 Å². The lowest BCUT2D eigenvalue weighted by atomic mass is 10.1. The lowest BCUT2D eigenvalue weighted by Gasteiger charge is -2.24. The quantitative estimate of drug-likeness (QED) is 0.792. The van der Waals surface area contributed by atoms with Crippen molar-refractivity contribution in [2.45, 2.75) is 46.0 Å². The zero-order valence-electron chi connectivity index (χ0n) is 17.2. The molecular formula is C22H29FN4O. The van der Waals surface area contributed by atoms with E-state index in [1.807, 2.05) is 0 Å². The Morgan fingerprint density at radius 3 is 2.43 bits per heavy atom. The predicted octanol–water partition coefficient (Wildman–Crippen LogP) is 4.22. The first-order chi connectivity index (χ1) is 13.4. The second-order valence-corrected chi connectivity index (χ2v) is 7.93. The average molecular weight is 384 g/mol. The fourth-order valence-electron chi connectivity index (χ4n) is 3.34. The van der Waals surface area contributed by atoms with Crippen molar-refractivity contribution in [3.8, 4) is 0 Å². The predicted molar refractivity (Wildman–Crippen MR) is 109 cm³/mol. The van der Waals surface area contributed by atoms with Crippen LogP contribution in [0.3, 0.4) is 0 Å². The lowest BCUT2D eigenvalue weighted by molar-refractivity contribution is 0.0762. The van der Waals surface area contributed by atoms with Crippen molar-refractivity contribution >= 4 is 11.7 Å². The Bertz CT molecular complexity index is 811. The van der Waals surface area contributed by atoms with Gasteiger partial charge in [-0.2, -0.15) is 0 Å². The van der Waals surface area contributed by atoms with Crippen LogP contribution in [0.4, 0.5) is 10.2 Å². The van der Waals surface area contributed by atoms with E-state index < -0.39 is 5.82 Å². The minimum atomic E-state index is -0.465. The van der Waals surface area contributed by atoms with Crippen molar-refractivity contribution in [2.24, 2.45) is 0 Å². The first kappa shape index (κ1) is 20.2. The molecule has 28 heavy (non-hydrogen) atoms. The summed E-state index contributed by atoms with van der Waals surface area (Å²) >= 11 is 0. The van der Waals surface area contributed by atoms with Gasteiger partial charge in [0, 0.05) is 43.9 Å². The van der Waals surface area contributed by atoms with Crippen LogP contribution >= 0.6 is 0 Å². The van der Waals surface area contributed by atoms with Crippen molar-refractivity contribution in [1.29, 1.82) is 0 Å². The molecule has 6 heteroatoms. The summed E-state index contributed by atoms with van der Waals surface area (Å²) in [6, 6.07) is 8.24. The molecule has 0 aliphatic carbocycles. The fourth-order valence-corrected chi connectivity index (χ4v) is 3.34. The smallest absolute Gasteiger partial charge is 0.256 e. The maximum absolute atomic E-state index is 14.0. The largest absolute Gasteiger partial charge is 0.355 e. The van der Waals surface area contributed by atoms with Crippen molar-refractivity contribution in [1.82, 2.24) is 14.9 Å². The second kappa shape index (κ2) is 8.67. The highest BCUT2D eigenvalue weighted by atomic mass is 19.1. The van der Waals surface area contributed by atoms with E-state index in [0.717, 1.165) is 30.3 Å². The number of carbonyl (C=O) groups is 1. The number of nitrogens with zero attached hydrogens (tertiary/aromatic N) is 4. The fraction of sp³-hybridized carbons (Fsp3) is 0.500. The van der Waals surface area contributed by atoms with Crippen LogP contribution in [0, 0.1) is 5.82 Å². The van der Waals surface area contributed by atoms with Crippen LogP contribution in [0.15, 0.2) is 30.3 Å². The molecule has 1 aromatic carbocycles. The number of anilines is 1. The molecule has 2 aromatic rings. The molecule has 2 heterocycles. The van der Waals surface area contributed by atoms with E-state index in [1.165, 1.54) is 6.07 Å². The zero-order valence-corrected chi connectivity index (χ0v) is 17.2. The Kier molecular flexibility index (Phi) is 6.27. The maximum Gasteiger partial charge on any atom is 0.256 e. The number of carbonyl (C=O) groups excluding carboxylic acids is 1. The van der Waals surface area contributed by atoms with Gasteiger partial charge in [-0.05, 0) is 24.5 Å². The number of amides is 1. The van der Waals surface area contributed by atoms with Gasteiger partial charge in [0.25, 0.3) is 5.91 Å². The number of hydrogen-bond donors (Lipinski definition) is 0. The molecule has 1 amide bonds. The summed E-state index contributed by atoms with van der Waals surface area (Å²) < 4.78 is 14.0. The van der Waals surface area contributed by atoms with E-state index in [-0.39, 0.29) is 17.4 Å². The molecule has 0 radical (unpaired) electrons. The van der Waals surface area contributed by atoms with Crippen LogP contribution in [0.1, 0.15) is 67.8 Å². The lowest BCUT2D eigenvalue weighted by Crippen LogP contribution is -2.36. The third-order valence-corrected chi connectivity index (χ3v) is 5.07. The van der Waals surface area contributed by atoms with E-state index in [0.29, 0.717) is 25.6 Å². The third kappa shape index (κ3) is 4.49. The van der Waals surface area contributed by atoms with Crippen LogP contribution in [0.5, 0.6) is 0 Å². The van der Waals surface area contributed by atoms with Crippen molar-refractivity contribution in [3.05, 3.63) is 53.2 Å². The monoisotopic (exact) mass is 384 g/mol. The Morgan fingerprint density at radius 2 is 1.75 bits per heavy atom. The van der Waals surface area contributed by atoms with Crippen LogP contribution in [0.25, 0.3) is 0 Å². The molecular weight excluding hydrogens is 355 g/mol. The van der Waals surface area contributed by atoms with Crippen LogP contribution in [-0.2, 0) is 0 Å². The van der Waals surface area contributed by atoms with E-state index in [4.69, 9.17) is 9.97 Å². The van der Waals surface area contributed by atoms with Gasteiger partial charge >= 0.3 is 0 Å². The summed E-state index contributed by atoms with van der Waals surface area (Å²) in [7, 11) is 0. The van der Waals surface area contributed by atoms with Crippen LogP contribution < -0.4 is 4.90 Å². The number of aromatic nitrogens is 2. The first-order valence-corrected chi connectivity index (χ1v) is 10.0. The van der Waals surface area contributed by atoms with Gasteiger partial charge in [0.05, 0.1) is 5.56 Å². The van der Waals surface area contributed by atoms with Gasteiger partial charge in [0.2, 0.25) is 0 Å². The van der Waals surface area contributed by atoms with Gasteiger partial charge in [-0.15, -0.1) is 0 Å². The number of hydrogen-bond acceptors (Lipinski definition) is 4. The third-order valence-electron chi connectivity index (χ3n) is 5.07. The topological polar surface area (TPSA) is 49.3 Å². The molecule has 5 nitrogen and oxygen atoms in total. The Labute approximate surface area is 166 Å². The minimum absolute atomic E-state index is 0.141. The number of rotatable bonds is 4. The summed E-state index contributed by atoms with van der Waals surface area (Å²) in [4.78, 5) is 26.2. The standard InChI is InChI=1S/C22H29FN4O/c1-15(2)19-14-20(25-21(24-19)16(3)4)26-10-7-11-27(13-12-26)22(28)17-8-5-6-9-18(17)23/h5-6,8-9,14-16H,7,10-13H2,1-4H3. The SMILES string of the molecule is CC(C)c1cc(N2CCCN(C(=O)c3ccccc3F)CC2)nc(C(C)C)n1. The van der Waals surface area contributed by atoms with E-state index >= 15 is 0 Å². The molecule has 0 saturated carbocycles. The van der Waals surface area contributed by atoms with Crippen molar-refractivity contribution < 1.29 is 9.18 Å².